The molecular formula is C16H14N4O3S. The third-order valence-electron chi connectivity index (χ3n) is 3.16. The summed E-state index contributed by atoms with van der Waals surface area (Å²) < 4.78 is 6.10. The quantitative estimate of drug-likeness (QED) is 0.766. The van der Waals surface area contributed by atoms with Crippen molar-refractivity contribution in [2.75, 3.05) is 12.4 Å². The number of pyridine rings is 1. The van der Waals surface area contributed by atoms with Crippen molar-refractivity contribution < 1.29 is 9.53 Å². The lowest BCUT2D eigenvalue weighted by atomic mass is 10.3. The molecule has 0 aliphatic heterocycles. The molecule has 0 aliphatic rings. The van der Waals surface area contributed by atoms with E-state index in [1.54, 1.807) is 18.2 Å². The molecule has 0 saturated carbocycles. The summed E-state index contributed by atoms with van der Waals surface area (Å²) in [5.41, 5.74) is 0.838. The number of rotatable bonds is 5. The van der Waals surface area contributed by atoms with Gasteiger partial charge in [0.2, 0.25) is 11.8 Å². The van der Waals surface area contributed by atoms with E-state index in [-0.39, 0.29) is 18.0 Å². The van der Waals surface area contributed by atoms with Crippen molar-refractivity contribution in [1.29, 1.82) is 0 Å². The van der Waals surface area contributed by atoms with E-state index >= 15 is 0 Å². The van der Waals surface area contributed by atoms with Crippen molar-refractivity contribution in [3.05, 3.63) is 58.3 Å². The van der Waals surface area contributed by atoms with Gasteiger partial charge in [0, 0.05) is 12.1 Å². The van der Waals surface area contributed by atoms with Crippen molar-refractivity contribution >= 4 is 22.9 Å². The van der Waals surface area contributed by atoms with Crippen molar-refractivity contribution in [2.24, 2.45) is 0 Å². The highest BCUT2D eigenvalue weighted by atomic mass is 32.1. The first kappa shape index (κ1) is 15.9. The monoisotopic (exact) mass is 342 g/mol. The topological polar surface area (TPSA) is 86.1 Å². The molecule has 0 unspecified atom stereocenters. The number of carbonyl (C=O) groups is 1. The molecule has 7 nitrogen and oxygen atoms in total. The molecule has 0 aromatic carbocycles. The number of carbonyl (C=O) groups excluding carboxylic acids is 1. The average Bonchev–Trinajstić information content (AvgIpc) is 3.12. The summed E-state index contributed by atoms with van der Waals surface area (Å²) in [5, 5.41) is 8.84. The predicted octanol–water partition coefficient (Wildman–Crippen LogP) is 2.01. The van der Waals surface area contributed by atoms with Crippen LogP contribution < -0.4 is 15.6 Å². The Balaban J connectivity index is 1.73. The molecule has 3 rings (SSSR count). The maximum absolute atomic E-state index is 12.1. The van der Waals surface area contributed by atoms with E-state index in [0.29, 0.717) is 17.3 Å². The van der Waals surface area contributed by atoms with E-state index in [0.717, 1.165) is 9.56 Å². The fraction of sp³-hybridized carbons (Fsp3) is 0.125. The molecule has 0 atom stereocenters. The zero-order valence-electron chi connectivity index (χ0n) is 12.8. The van der Waals surface area contributed by atoms with Gasteiger partial charge in [-0.15, -0.1) is 11.3 Å². The Morgan fingerprint density at radius 1 is 1.29 bits per heavy atom. The van der Waals surface area contributed by atoms with Crippen LogP contribution in [0.1, 0.15) is 0 Å². The summed E-state index contributed by atoms with van der Waals surface area (Å²) in [6.45, 7) is -0.177. The van der Waals surface area contributed by atoms with Gasteiger partial charge in [-0.3, -0.25) is 9.59 Å². The van der Waals surface area contributed by atoms with Crippen molar-refractivity contribution in [1.82, 2.24) is 14.8 Å². The van der Waals surface area contributed by atoms with E-state index in [1.807, 2.05) is 17.5 Å². The van der Waals surface area contributed by atoms with E-state index in [4.69, 9.17) is 4.74 Å². The first-order valence-electron chi connectivity index (χ1n) is 7.07. The molecule has 3 aromatic heterocycles. The first-order valence-corrected chi connectivity index (χ1v) is 7.95. The van der Waals surface area contributed by atoms with Gasteiger partial charge in [-0.05, 0) is 23.6 Å². The summed E-state index contributed by atoms with van der Waals surface area (Å²) >= 11 is 1.52. The second-order valence-electron chi connectivity index (χ2n) is 4.83. The van der Waals surface area contributed by atoms with Crippen LogP contribution in [0.15, 0.2) is 52.8 Å². The Morgan fingerprint density at radius 3 is 2.83 bits per heavy atom. The lowest BCUT2D eigenvalue weighted by Crippen LogP contribution is -2.29. The zero-order chi connectivity index (χ0) is 16.9. The average molecular weight is 342 g/mol. The minimum Gasteiger partial charge on any atom is -0.481 e. The number of ether oxygens (including phenoxy) is 1. The van der Waals surface area contributed by atoms with Gasteiger partial charge in [0.05, 0.1) is 23.9 Å². The molecule has 0 spiro atoms. The van der Waals surface area contributed by atoms with Gasteiger partial charge in [-0.1, -0.05) is 6.07 Å². The number of hydrogen-bond acceptors (Lipinski definition) is 6. The molecule has 1 N–H and O–H groups in total. The van der Waals surface area contributed by atoms with Gasteiger partial charge in [0.25, 0.3) is 5.56 Å². The molecule has 3 aromatic rings. The highest BCUT2D eigenvalue weighted by molar-refractivity contribution is 7.13. The third-order valence-corrected chi connectivity index (χ3v) is 4.06. The van der Waals surface area contributed by atoms with E-state index in [2.05, 4.69) is 15.4 Å². The summed E-state index contributed by atoms with van der Waals surface area (Å²) in [7, 11) is 1.51. The highest BCUT2D eigenvalue weighted by Crippen LogP contribution is 2.21. The summed E-state index contributed by atoms with van der Waals surface area (Å²) in [4.78, 5) is 29.0. The number of aromatic nitrogens is 3. The second-order valence-corrected chi connectivity index (χ2v) is 5.78. The SMILES string of the molecule is COc1ccc(NC(=O)Cn2nc(-c3cccs3)ccc2=O)cn1. The molecule has 122 valence electrons. The third kappa shape index (κ3) is 3.66. The van der Waals surface area contributed by atoms with Gasteiger partial charge in [0.1, 0.15) is 12.2 Å². The minimum absolute atomic E-state index is 0.177. The second kappa shape index (κ2) is 7.05. The summed E-state index contributed by atoms with van der Waals surface area (Å²) in [5.74, 6) is 0.0921. The highest BCUT2D eigenvalue weighted by Gasteiger charge is 2.09. The Hall–Kier alpha value is -3.00. The van der Waals surface area contributed by atoms with Crippen LogP contribution in [0.5, 0.6) is 5.88 Å². The molecule has 0 saturated heterocycles. The number of nitrogens with zero attached hydrogens (tertiary/aromatic N) is 3. The Kier molecular flexibility index (Phi) is 4.66. The van der Waals surface area contributed by atoms with Crippen LogP contribution >= 0.6 is 11.3 Å². The van der Waals surface area contributed by atoms with E-state index in [9.17, 15) is 9.59 Å². The maximum atomic E-state index is 12.1. The molecule has 3 heterocycles. The number of anilines is 1. The molecule has 0 bridgehead atoms. The number of amides is 1. The Bertz CT molecular complexity index is 888. The van der Waals surface area contributed by atoms with Gasteiger partial charge >= 0.3 is 0 Å². The normalized spacial score (nSPS) is 10.4. The van der Waals surface area contributed by atoms with Gasteiger partial charge < -0.3 is 10.1 Å². The largest absolute Gasteiger partial charge is 0.481 e. The van der Waals surface area contributed by atoms with Crippen molar-refractivity contribution in [2.45, 2.75) is 6.54 Å². The molecule has 1 amide bonds. The minimum atomic E-state index is -0.361. The van der Waals surface area contributed by atoms with E-state index in [1.165, 1.54) is 30.7 Å². The fourth-order valence-electron chi connectivity index (χ4n) is 2.03. The zero-order valence-corrected chi connectivity index (χ0v) is 13.6. The Labute approximate surface area is 141 Å². The van der Waals surface area contributed by atoms with Gasteiger partial charge in [-0.2, -0.15) is 5.10 Å². The molecule has 8 heteroatoms. The molecule has 24 heavy (non-hydrogen) atoms. The number of thiophene rings is 1. The molecule has 0 aliphatic carbocycles. The van der Waals surface area contributed by atoms with E-state index < -0.39 is 0 Å². The van der Waals surface area contributed by atoms with Crippen LogP contribution in [-0.4, -0.2) is 27.8 Å². The van der Waals surface area contributed by atoms with Crippen LogP contribution in [0.2, 0.25) is 0 Å². The molecule has 0 radical (unpaired) electrons. The summed E-state index contributed by atoms with van der Waals surface area (Å²) in [6, 6.07) is 10.2. The molecule has 0 fully saturated rings. The first-order chi connectivity index (χ1) is 11.7. The lowest BCUT2D eigenvalue weighted by Gasteiger charge is -2.08. The van der Waals surface area contributed by atoms with Crippen LogP contribution in [0, 0.1) is 0 Å². The Morgan fingerprint density at radius 2 is 2.17 bits per heavy atom. The lowest BCUT2D eigenvalue weighted by molar-refractivity contribution is -0.117. The number of nitrogens with one attached hydrogen (secondary N) is 1. The van der Waals surface area contributed by atoms with Crippen LogP contribution in [0.4, 0.5) is 5.69 Å². The maximum Gasteiger partial charge on any atom is 0.267 e. The standard InChI is InChI=1S/C16H14N4O3S/c1-23-15-6-4-11(9-17-15)18-14(21)10-20-16(22)7-5-12(19-20)13-3-2-8-24-13/h2-9H,10H2,1H3,(H,18,21). The molecular weight excluding hydrogens is 328 g/mol. The van der Waals surface area contributed by atoms with Crippen LogP contribution in [0.25, 0.3) is 10.6 Å². The fourth-order valence-corrected chi connectivity index (χ4v) is 2.72. The smallest absolute Gasteiger partial charge is 0.267 e. The van der Waals surface area contributed by atoms with Gasteiger partial charge in [-0.25, -0.2) is 9.67 Å². The van der Waals surface area contributed by atoms with Crippen molar-refractivity contribution in [3.63, 3.8) is 0 Å². The van der Waals surface area contributed by atoms with Crippen LogP contribution in [-0.2, 0) is 11.3 Å². The van der Waals surface area contributed by atoms with Crippen LogP contribution in [0.3, 0.4) is 0 Å². The number of methoxy groups -OCH3 is 1. The predicted molar refractivity (Wildman–Crippen MR) is 91.2 cm³/mol. The van der Waals surface area contributed by atoms with Crippen molar-refractivity contribution in [3.8, 4) is 16.5 Å². The summed E-state index contributed by atoms with van der Waals surface area (Å²) in [6.07, 6.45) is 1.48. The number of hydrogen-bond donors (Lipinski definition) is 1. The van der Waals surface area contributed by atoms with Gasteiger partial charge in [0.15, 0.2) is 0 Å².